The van der Waals surface area contributed by atoms with Crippen molar-refractivity contribution in [3.05, 3.63) is 22.8 Å². The van der Waals surface area contributed by atoms with E-state index >= 15 is 0 Å². The van der Waals surface area contributed by atoms with Crippen molar-refractivity contribution < 1.29 is 18.0 Å². The summed E-state index contributed by atoms with van der Waals surface area (Å²) in [7, 11) is 1.47. The van der Waals surface area contributed by atoms with Gasteiger partial charge in [0, 0.05) is 13.6 Å². The number of alkyl halides is 3. The summed E-state index contributed by atoms with van der Waals surface area (Å²) in [6.07, 6.45) is -4.51. The zero-order valence-electron chi connectivity index (χ0n) is 10.4. The van der Waals surface area contributed by atoms with Crippen LogP contribution in [-0.4, -0.2) is 31.0 Å². The van der Waals surface area contributed by atoms with Crippen LogP contribution >= 0.6 is 11.6 Å². The zero-order valence-corrected chi connectivity index (χ0v) is 11.1. The molecule has 0 aliphatic heterocycles. The van der Waals surface area contributed by atoms with Gasteiger partial charge in [-0.1, -0.05) is 11.6 Å². The third-order valence-corrected chi connectivity index (χ3v) is 2.45. The minimum Gasteiger partial charge on any atom is -0.355 e. The Hall–Kier alpha value is -1.50. The summed E-state index contributed by atoms with van der Waals surface area (Å²) in [5.74, 6) is -0.314. The molecule has 0 bridgehead atoms. The predicted octanol–water partition coefficient (Wildman–Crippen LogP) is 2.33. The molecule has 1 amide bonds. The smallest absolute Gasteiger partial charge is 0.355 e. The van der Waals surface area contributed by atoms with E-state index in [1.807, 2.05) is 0 Å². The Kier molecular flexibility index (Phi) is 4.99. The summed E-state index contributed by atoms with van der Waals surface area (Å²) >= 11 is 5.56. The molecular formula is C11H13ClF3N3O. The van der Waals surface area contributed by atoms with Crippen LogP contribution in [0.5, 0.6) is 0 Å². The van der Waals surface area contributed by atoms with E-state index in [4.69, 9.17) is 11.6 Å². The van der Waals surface area contributed by atoms with Crippen molar-refractivity contribution in [3.63, 3.8) is 0 Å². The van der Waals surface area contributed by atoms with Crippen molar-refractivity contribution in [2.45, 2.75) is 13.1 Å². The average molecular weight is 296 g/mol. The number of hydrogen-bond donors (Lipinski definition) is 1. The number of carbonyl (C=O) groups excluding carboxylic acids is 1. The fourth-order valence-electron chi connectivity index (χ4n) is 1.39. The van der Waals surface area contributed by atoms with Crippen LogP contribution in [0.3, 0.4) is 0 Å². The van der Waals surface area contributed by atoms with Gasteiger partial charge in [-0.05, 0) is 19.1 Å². The van der Waals surface area contributed by atoms with E-state index in [2.05, 4.69) is 10.3 Å². The van der Waals surface area contributed by atoms with Crippen LogP contribution in [0.1, 0.15) is 12.5 Å². The second-order valence-corrected chi connectivity index (χ2v) is 4.23. The number of nitrogens with one attached hydrogen (secondary N) is 1. The van der Waals surface area contributed by atoms with Gasteiger partial charge in [-0.2, -0.15) is 13.2 Å². The van der Waals surface area contributed by atoms with Crippen LogP contribution in [0.25, 0.3) is 0 Å². The Labute approximate surface area is 113 Å². The molecule has 106 valence electrons. The highest BCUT2D eigenvalue weighted by atomic mass is 35.5. The number of carbonyl (C=O) groups is 1. The van der Waals surface area contributed by atoms with Crippen molar-refractivity contribution in [2.24, 2.45) is 0 Å². The van der Waals surface area contributed by atoms with E-state index in [1.54, 1.807) is 6.92 Å². The zero-order chi connectivity index (χ0) is 14.6. The van der Waals surface area contributed by atoms with E-state index in [9.17, 15) is 18.0 Å². The van der Waals surface area contributed by atoms with Crippen molar-refractivity contribution in [3.8, 4) is 0 Å². The topological polar surface area (TPSA) is 45.2 Å². The Balaban J connectivity index is 2.94. The van der Waals surface area contributed by atoms with E-state index in [0.717, 1.165) is 12.1 Å². The highest BCUT2D eigenvalue weighted by Crippen LogP contribution is 2.32. The lowest BCUT2D eigenvalue weighted by atomic mass is 10.2. The molecule has 0 aromatic carbocycles. The van der Waals surface area contributed by atoms with Gasteiger partial charge in [0.25, 0.3) is 0 Å². The number of hydrogen-bond acceptors (Lipinski definition) is 3. The van der Waals surface area contributed by atoms with Crippen LogP contribution < -0.4 is 10.2 Å². The largest absolute Gasteiger partial charge is 0.416 e. The second kappa shape index (κ2) is 6.10. The molecule has 8 heteroatoms. The lowest BCUT2D eigenvalue weighted by Crippen LogP contribution is -2.35. The highest BCUT2D eigenvalue weighted by Gasteiger charge is 2.32. The Morgan fingerprint density at radius 2 is 2.11 bits per heavy atom. The molecule has 1 N–H and O–H groups in total. The van der Waals surface area contributed by atoms with Crippen molar-refractivity contribution in [1.29, 1.82) is 0 Å². The molecule has 0 atom stereocenters. The standard InChI is InChI=1S/C11H13ClF3N3O/c1-3-16-10(19)6-18(2)9-5-7(11(13,14)15)4-8(12)17-9/h4-5H,3,6H2,1-2H3,(H,16,19). The average Bonchev–Trinajstić information content (AvgIpc) is 2.27. The van der Waals surface area contributed by atoms with Crippen LogP contribution in [0.2, 0.25) is 5.15 Å². The fourth-order valence-corrected chi connectivity index (χ4v) is 1.60. The molecule has 0 aliphatic rings. The maximum Gasteiger partial charge on any atom is 0.416 e. The number of anilines is 1. The van der Waals surface area contributed by atoms with Gasteiger partial charge < -0.3 is 10.2 Å². The number of rotatable bonds is 4. The molecule has 0 unspecified atom stereocenters. The highest BCUT2D eigenvalue weighted by molar-refractivity contribution is 6.29. The second-order valence-electron chi connectivity index (χ2n) is 3.84. The molecule has 0 saturated heterocycles. The fraction of sp³-hybridized carbons (Fsp3) is 0.455. The van der Waals surface area contributed by atoms with Gasteiger partial charge in [-0.15, -0.1) is 0 Å². The van der Waals surface area contributed by atoms with E-state index in [1.165, 1.54) is 11.9 Å². The molecule has 0 aliphatic carbocycles. The Bertz CT molecular complexity index is 465. The normalized spacial score (nSPS) is 11.3. The van der Waals surface area contributed by atoms with E-state index in [0.29, 0.717) is 6.54 Å². The van der Waals surface area contributed by atoms with Crippen LogP contribution in [0.4, 0.5) is 19.0 Å². The maximum atomic E-state index is 12.6. The number of amides is 1. The van der Waals surface area contributed by atoms with Crippen molar-refractivity contribution in [1.82, 2.24) is 10.3 Å². The summed E-state index contributed by atoms with van der Waals surface area (Å²) in [5.41, 5.74) is -0.898. The van der Waals surface area contributed by atoms with Crippen LogP contribution in [0.15, 0.2) is 12.1 Å². The third-order valence-electron chi connectivity index (χ3n) is 2.25. The number of nitrogens with zero attached hydrogens (tertiary/aromatic N) is 2. The molecule has 19 heavy (non-hydrogen) atoms. The molecule has 0 spiro atoms. The van der Waals surface area contributed by atoms with Gasteiger partial charge in [-0.3, -0.25) is 4.79 Å². The van der Waals surface area contributed by atoms with E-state index in [-0.39, 0.29) is 23.4 Å². The van der Waals surface area contributed by atoms with Crippen LogP contribution in [0, 0.1) is 0 Å². The van der Waals surface area contributed by atoms with Gasteiger partial charge in [0.1, 0.15) is 11.0 Å². The van der Waals surface area contributed by atoms with E-state index < -0.39 is 11.7 Å². The van der Waals surface area contributed by atoms with Gasteiger partial charge in [0.15, 0.2) is 0 Å². The number of likely N-dealkylation sites (N-methyl/N-ethyl adjacent to an activating group) is 2. The molecule has 1 rings (SSSR count). The molecule has 0 fully saturated rings. The molecule has 0 radical (unpaired) electrons. The van der Waals surface area contributed by atoms with Gasteiger partial charge >= 0.3 is 6.18 Å². The van der Waals surface area contributed by atoms with Gasteiger partial charge in [0.2, 0.25) is 5.91 Å². The Morgan fingerprint density at radius 1 is 1.47 bits per heavy atom. The summed E-state index contributed by atoms with van der Waals surface area (Å²) < 4.78 is 37.8. The van der Waals surface area contributed by atoms with Gasteiger partial charge in [0.05, 0.1) is 12.1 Å². The summed E-state index contributed by atoms with van der Waals surface area (Å²) in [5, 5.41) is 2.27. The predicted molar refractivity (Wildman–Crippen MR) is 66.2 cm³/mol. The summed E-state index contributed by atoms with van der Waals surface area (Å²) in [6.45, 7) is 2.10. The first-order valence-electron chi connectivity index (χ1n) is 5.46. The lowest BCUT2D eigenvalue weighted by molar-refractivity contribution is -0.137. The minimum absolute atomic E-state index is 0.00826. The SMILES string of the molecule is CCNC(=O)CN(C)c1cc(C(F)(F)F)cc(Cl)n1. The summed E-state index contributed by atoms with van der Waals surface area (Å²) in [6, 6.07) is 1.59. The minimum atomic E-state index is -4.51. The van der Waals surface area contributed by atoms with Crippen molar-refractivity contribution in [2.75, 3.05) is 25.0 Å². The van der Waals surface area contributed by atoms with Crippen molar-refractivity contribution >= 4 is 23.3 Å². The first kappa shape index (κ1) is 15.6. The van der Waals surface area contributed by atoms with Gasteiger partial charge in [-0.25, -0.2) is 4.98 Å². The molecule has 1 aromatic heterocycles. The monoisotopic (exact) mass is 295 g/mol. The quantitative estimate of drug-likeness (QED) is 0.867. The molecule has 4 nitrogen and oxygen atoms in total. The Morgan fingerprint density at radius 3 is 2.63 bits per heavy atom. The first-order chi connectivity index (χ1) is 8.74. The summed E-state index contributed by atoms with van der Waals surface area (Å²) in [4.78, 5) is 16.4. The molecule has 1 heterocycles. The molecular weight excluding hydrogens is 283 g/mol. The lowest BCUT2D eigenvalue weighted by Gasteiger charge is -2.19. The molecule has 0 saturated carbocycles. The number of aromatic nitrogens is 1. The molecule has 1 aromatic rings. The third kappa shape index (κ3) is 4.59. The first-order valence-corrected chi connectivity index (χ1v) is 5.84. The maximum absolute atomic E-state index is 12.6. The van der Waals surface area contributed by atoms with Crippen LogP contribution in [-0.2, 0) is 11.0 Å². The number of pyridine rings is 1. The number of halogens is 4.